The third kappa shape index (κ3) is 12.7. The Hall–Kier alpha value is -3.66. The minimum absolute atomic E-state index is 0.387. The van der Waals surface area contributed by atoms with Crippen molar-refractivity contribution in [3.63, 3.8) is 0 Å². The Bertz CT molecular complexity index is 1030. The zero-order valence-electron chi connectivity index (χ0n) is 19.2. The highest BCUT2D eigenvalue weighted by molar-refractivity contribution is 7.10. The monoisotopic (exact) mass is 558 g/mol. The van der Waals surface area contributed by atoms with E-state index in [-0.39, 0.29) is 0 Å². The second-order valence-electron chi connectivity index (χ2n) is 6.85. The van der Waals surface area contributed by atoms with Crippen molar-refractivity contribution in [3.8, 4) is 0 Å². The van der Waals surface area contributed by atoms with Crippen LogP contribution < -0.4 is 0 Å². The number of hydrogen-bond acceptors (Lipinski definition) is 10. The highest BCUT2D eigenvalue weighted by Crippen LogP contribution is 2.20. The first-order valence-corrected chi connectivity index (χ1v) is 11.8. The zero-order chi connectivity index (χ0) is 28.6. The quantitative estimate of drug-likeness (QED) is 0.207. The standard InChI is InChI=1S/C9H10O3.2C6H6O3S.C2H4O3/c1-9(12,8(10)11)7-5-3-2-4-6-7;7-5(6(8)9)4-1-2-10-3-4;7-5(6(8)9)4-2-1-3-10-4;3-1-2(4)5/h2-6,12H,1H3,(H,10,11);2*1-3,5,7H,(H,8,9);3H,1H2,(H,4,5). The third-order valence-electron chi connectivity index (χ3n) is 4.03. The van der Waals surface area contributed by atoms with E-state index in [4.69, 9.17) is 40.5 Å². The SMILES string of the molecule is CC(O)(C(=O)O)c1ccccc1.O=C(O)C(O)c1cccs1.O=C(O)C(O)c1ccsc1.O=C(O)CO. The van der Waals surface area contributed by atoms with Crippen molar-refractivity contribution in [1.29, 1.82) is 0 Å². The first-order chi connectivity index (χ1) is 17.2. The summed E-state index contributed by atoms with van der Waals surface area (Å²) in [4.78, 5) is 40.5. The summed E-state index contributed by atoms with van der Waals surface area (Å²) in [5, 5.41) is 72.6. The van der Waals surface area contributed by atoms with Crippen LogP contribution in [0.3, 0.4) is 0 Å². The minimum atomic E-state index is -1.79. The van der Waals surface area contributed by atoms with Crippen molar-refractivity contribution in [3.05, 3.63) is 80.7 Å². The van der Waals surface area contributed by atoms with Gasteiger partial charge < -0.3 is 40.9 Å². The molecule has 0 aliphatic heterocycles. The largest absolute Gasteiger partial charge is 0.480 e. The Labute approximate surface area is 218 Å². The van der Waals surface area contributed by atoms with Gasteiger partial charge in [-0.25, -0.2) is 19.2 Å². The van der Waals surface area contributed by atoms with Crippen LogP contribution in [0.1, 0.15) is 35.1 Å². The van der Waals surface area contributed by atoms with E-state index in [0.29, 0.717) is 16.0 Å². The number of thiophene rings is 2. The second kappa shape index (κ2) is 16.9. The zero-order valence-corrected chi connectivity index (χ0v) is 20.9. The first-order valence-electron chi connectivity index (χ1n) is 9.96. The van der Waals surface area contributed by atoms with Gasteiger partial charge in [-0.15, -0.1) is 11.3 Å². The molecule has 1 aromatic carbocycles. The molecule has 14 heteroatoms. The topological polar surface area (TPSA) is 230 Å². The van der Waals surface area contributed by atoms with Gasteiger partial charge in [-0.1, -0.05) is 36.4 Å². The highest BCUT2D eigenvalue weighted by atomic mass is 32.1. The maximum absolute atomic E-state index is 10.6. The van der Waals surface area contributed by atoms with Crippen LogP contribution >= 0.6 is 22.7 Å². The molecular formula is C23H26O12S2. The Morgan fingerprint density at radius 2 is 1.38 bits per heavy atom. The summed E-state index contributed by atoms with van der Waals surface area (Å²) in [6.45, 7) is 0.477. The molecule has 37 heavy (non-hydrogen) atoms. The Balaban J connectivity index is 0.000000484. The molecule has 8 N–H and O–H groups in total. The molecule has 3 aromatic rings. The van der Waals surface area contributed by atoms with Crippen molar-refractivity contribution in [2.45, 2.75) is 24.7 Å². The van der Waals surface area contributed by atoms with Gasteiger partial charge in [-0.05, 0) is 40.8 Å². The van der Waals surface area contributed by atoms with E-state index in [1.807, 2.05) is 0 Å². The van der Waals surface area contributed by atoms with Gasteiger partial charge in [0.25, 0.3) is 0 Å². The van der Waals surface area contributed by atoms with Gasteiger partial charge in [0.15, 0.2) is 17.8 Å². The summed E-state index contributed by atoms with van der Waals surface area (Å²) in [5.41, 5.74) is -0.962. The van der Waals surface area contributed by atoms with E-state index in [1.165, 1.54) is 29.6 Å². The molecule has 0 fully saturated rings. The van der Waals surface area contributed by atoms with E-state index in [2.05, 4.69) is 0 Å². The molecule has 3 unspecified atom stereocenters. The Morgan fingerprint density at radius 1 is 0.838 bits per heavy atom. The number of carbonyl (C=O) groups is 4. The third-order valence-corrected chi connectivity index (χ3v) is 5.65. The molecule has 0 saturated carbocycles. The molecule has 12 nitrogen and oxygen atoms in total. The maximum atomic E-state index is 10.6. The molecule has 0 amide bonds. The number of benzene rings is 1. The molecule has 0 aliphatic carbocycles. The van der Waals surface area contributed by atoms with Crippen molar-refractivity contribution < 1.29 is 60.0 Å². The van der Waals surface area contributed by atoms with E-state index >= 15 is 0 Å². The summed E-state index contributed by atoms with van der Waals surface area (Å²) in [6.07, 6.45) is -2.73. The van der Waals surface area contributed by atoms with Crippen molar-refractivity contribution in [1.82, 2.24) is 0 Å². The molecule has 3 rings (SSSR count). The summed E-state index contributed by atoms with van der Waals surface area (Å²) in [7, 11) is 0. The van der Waals surface area contributed by atoms with Crippen LogP contribution in [0, 0.1) is 0 Å². The number of aliphatic hydroxyl groups excluding tert-OH is 3. The van der Waals surface area contributed by atoms with Gasteiger partial charge in [-0.3, -0.25) is 0 Å². The van der Waals surface area contributed by atoms with Crippen LogP contribution in [0.5, 0.6) is 0 Å². The predicted octanol–water partition coefficient (Wildman–Crippen LogP) is 1.77. The molecule has 2 aromatic heterocycles. The Kier molecular flexibility index (Phi) is 15.2. The molecule has 0 aliphatic rings. The lowest BCUT2D eigenvalue weighted by molar-refractivity contribution is -0.157. The van der Waals surface area contributed by atoms with Gasteiger partial charge >= 0.3 is 23.9 Å². The van der Waals surface area contributed by atoms with Gasteiger partial charge in [0.05, 0.1) is 0 Å². The van der Waals surface area contributed by atoms with Crippen LogP contribution in [0.25, 0.3) is 0 Å². The average Bonchev–Trinajstić information content (AvgIpc) is 3.59. The molecule has 0 bridgehead atoms. The lowest BCUT2D eigenvalue weighted by Gasteiger charge is -2.17. The van der Waals surface area contributed by atoms with Crippen LogP contribution in [-0.2, 0) is 24.8 Å². The number of aliphatic hydroxyl groups is 4. The maximum Gasteiger partial charge on any atom is 0.340 e. The summed E-state index contributed by atoms with van der Waals surface area (Å²) >= 11 is 2.59. The van der Waals surface area contributed by atoms with Crippen molar-refractivity contribution in [2.24, 2.45) is 0 Å². The number of carboxylic acids is 4. The van der Waals surface area contributed by atoms with Gasteiger partial charge in [0, 0.05) is 10.4 Å². The smallest absolute Gasteiger partial charge is 0.340 e. The summed E-state index contributed by atoms with van der Waals surface area (Å²) < 4.78 is 0. The normalized spacial score (nSPS) is 12.9. The molecule has 202 valence electrons. The fourth-order valence-electron chi connectivity index (χ4n) is 2.03. The van der Waals surface area contributed by atoms with E-state index in [0.717, 1.165) is 0 Å². The predicted molar refractivity (Wildman–Crippen MR) is 132 cm³/mol. The van der Waals surface area contributed by atoms with Crippen LogP contribution in [0.15, 0.2) is 64.7 Å². The number of hydrogen-bond donors (Lipinski definition) is 8. The van der Waals surface area contributed by atoms with Gasteiger partial charge in [0.1, 0.15) is 6.61 Å². The average molecular weight is 559 g/mol. The number of rotatable bonds is 7. The van der Waals surface area contributed by atoms with E-state index in [1.54, 1.807) is 64.7 Å². The molecule has 3 atom stereocenters. The highest BCUT2D eigenvalue weighted by Gasteiger charge is 2.31. The second-order valence-corrected chi connectivity index (χ2v) is 8.61. The first kappa shape index (κ1) is 33.3. The molecule has 0 spiro atoms. The minimum Gasteiger partial charge on any atom is -0.480 e. The Morgan fingerprint density at radius 3 is 1.73 bits per heavy atom. The lowest BCUT2D eigenvalue weighted by Crippen LogP contribution is -2.31. The summed E-state index contributed by atoms with van der Waals surface area (Å²) in [6, 6.07) is 13.2. The molecule has 0 saturated heterocycles. The van der Waals surface area contributed by atoms with Crippen LogP contribution in [-0.4, -0.2) is 71.3 Å². The van der Waals surface area contributed by atoms with E-state index < -0.39 is 48.3 Å². The van der Waals surface area contributed by atoms with Crippen LogP contribution in [0.4, 0.5) is 0 Å². The fraction of sp³-hybridized carbons (Fsp3) is 0.217. The van der Waals surface area contributed by atoms with Crippen molar-refractivity contribution in [2.75, 3.05) is 6.61 Å². The van der Waals surface area contributed by atoms with Crippen LogP contribution in [0.2, 0.25) is 0 Å². The van der Waals surface area contributed by atoms with E-state index in [9.17, 15) is 19.5 Å². The molecule has 0 radical (unpaired) electrons. The number of carboxylic acid groups (broad SMARTS) is 4. The van der Waals surface area contributed by atoms with Gasteiger partial charge in [-0.2, -0.15) is 11.3 Å². The van der Waals surface area contributed by atoms with Crippen molar-refractivity contribution >= 4 is 46.6 Å². The summed E-state index contributed by atoms with van der Waals surface area (Å²) in [5.74, 6) is -4.85. The molecule has 2 heterocycles. The fourth-order valence-corrected chi connectivity index (χ4v) is 3.41. The molecular weight excluding hydrogens is 532 g/mol. The van der Waals surface area contributed by atoms with Gasteiger partial charge in [0.2, 0.25) is 0 Å². The lowest BCUT2D eigenvalue weighted by atomic mass is 9.97. The number of aliphatic carboxylic acids is 4.